The summed E-state index contributed by atoms with van der Waals surface area (Å²) in [5.41, 5.74) is -0.249. The highest BCUT2D eigenvalue weighted by Crippen LogP contribution is 2.36. The minimum absolute atomic E-state index is 0.0245. The summed E-state index contributed by atoms with van der Waals surface area (Å²) in [6, 6.07) is 12.3. The van der Waals surface area contributed by atoms with E-state index in [1.54, 1.807) is 6.07 Å². The highest BCUT2D eigenvalue weighted by Gasteiger charge is 2.32. The van der Waals surface area contributed by atoms with Gasteiger partial charge < -0.3 is 19.4 Å². The lowest BCUT2D eigenvalue weighted by molar-refractivity contribution is -0.384. The standard InChI is InChI=1S/C24H20F3N3O5/c25-24(26,27)16-5-8-21(29-11-13-34-14-12-29)19(15-16)28-23(31)10-7-17-6-9-22(35-17)18-3-1-2-4-20(18)30(32)33/h1-10,15H,11-14H2,(H,28,31). The zero-order chi connectivity index (χ0) is 25.0. The highest BCUT2D eigenvalue weighted by atomic mass is 19.4. The van der Waals surface area contributed by atoms with Gasteiger partial charge in [-0.2, -0.15) is 13.2 Å². The summed E-state index contributed by atoms with van der Waals surface area (Å²) in [6.45, 7) is 1.80. The molecule has 1 fully saturated rings. The van der Waals surface area contributed by atoms with E-state index in [4.69, 9.17) is 9.15 Å². The molecule has 35 heavy (non-hydrogen) atoms. The first-order chi connectivity index (χ1) is 16.7. The molecule has 0 radical (unpaired) electrons. The third-order valence-corrected chi connectivity index (χ3v) is 5.33. The molecule has 1 N–H and O–H groups in total. The lowest BCUT2D eigenvalue weighted by atomic mass is 10.1. The number of nitrogens with one attached hydrogen (secondary N) is 1. The molecule has 0 saturated carbocycles. The number of para-hydroxylation sites is 1. The van der Waals surface area contributed by atoms with Crippen LogP contribution in [0.2, 0.25) is 0 Å². The van der Waals surface area contributed by atoms with Crippen LogP contribution in [0.4, 0.5) is 30.2 Å². The molecule has 1 saturated heterocycles. The summed E-state index contributed by atoms with van der Waals surface area (Å²) in [7, 11) is 0. The quantitative estimate of drug-likeness (QED) is 0.286. The molecule has 2 aromatic carbocycles. The Labute approximate surface area is 197 Å². The summed E-state index contributed by atoms with van der Waals surface area (Å²) < 4.78 is 50.7. The maximum Gasteiger partial charge on any atom is 0.416 e. The number of nitro benzene ring substituents is 1. The number of ether oxygens (including phenoxy) is 1. The Kier molecular flexibility index (Phi) is 6.87. The summed E-state index contributed by atoms with van der Waals surface area (Å²) in [4.78, 5) is 25.1. The Morgan fingerprint density at radius 2 is 1.83 bits per heavy atom. The number of halogens is 3. The largest absolute Gasteiger partial charge is 0.456 e. The average molecular weight is 487 g/mol. The van der Waals surface area contributed by atoms with E-state index in [0.717, 1.165) is 18.2 Å². The lowest BCUT2D eigenvalue weighted by Gasteiger charge is -2.30. The Morgan fingerprint density at radius 1 is 1.09 bits per heavy atom. The molecular formula is C24H20F3N3O5. The van der Waals surface area contributed by atoms with Crippen molar-refractivity contribution < 1.29 is 32.0 Å². The third-order valence-electron chi connectivity index (χ3n) is 5.33. The molecule has 0 unspecified atom stereocenters. The summed E-state index contributed by atoms with van der Waals surface area (Å²) in [5, 5.41) is 13.7. The van der Waals surface area contributed by atoms with Crippen LogP contribution in [0.15, 0.2) is 65.1 Å². The van der Waals surface area contributed by atoms with Gasteiger partial charge in [0.2, 0.25) is 5.91 Å². The first-order valence-corrected chi connectivity index (χ1v) is 10.6. The number of amides is 1. The Hall–Kier alpha value is -4.12. The number of furan rings is 1. The summed E-state index contributed by atoms with van der Waals surface area (Å²) >= 11 is 0. The first kappa shape index (κ1) is 24.0. The fourth-order valence-electron chi connectivity index (χ4n) is 3.65. The number of morpholine rings is 1. The number of anilines is 2. The van der Waals surface area contributed by atoms with Crippen molar-refractivity contribution in [3.8, 4) is 11.3 Å². The van der Waals surface area contributed by atoms with Gasteiger partial charge in [-0.1, -0.05) is 12.1 Å². The van der Waals surface area contributed by atoms with Crippen molar-refractivity contribution >= 4 is 29.0 Å². The Balaban J connectivity index is 1.54. The molecule has 3 aromatic rings. The second kappa shape index (κ2) is 10.0. The van der Waals surface area contributed by atoms with Crippen LogP contribution in [-0.2, 0) is 15.7 Å². The summed E-state index contributed by atoms with van der Waals surface area (Å²) in [5.74, 6) is -0.182. The van der Waals surface area contributed by atoms with Crippen molar-refractivity contribution in [2.75, 3.05) is 36.5 Å². The lowest BCUT2D eigenvalue weighted by Crippen LogP contribution is -2.36. The van der Waals surface area contributed by atoms with Gasteiger partial charge in [-0.25, -0.2) is 0 Å². The zero-order valence-corrected chi connectivity index (χ0v) is 18.2. The second-order valence-electron chi connectivity index (χ2n) is 7.63. The van der Waals surface area contributed by atoms with Crippen molar-refractivity contribution in [2.24, 2.45) is 0 Å². The third kappa shape index (κ3) is 5.69. The van der Waals surface area contributed by atoms with Crippen LogP contribution in [-0.4, -0.2) is 37.1 Å². The van der Waals surface area contributed by atoms with Crippen LogP contribution in [0.3, 0.4) is 0 Å². The van der Waals surface area contributed by atoms with Crippen LogP contribution in [0, 0.1) is 10.1 Å². The number of nitrogens with zero attached hydrogens (tertiary/aromatic N) is 2. The van der Waals surface area contributed by atoms with Crippen molar-refractivity contribution in [3.63, 3.8) is 0 Å². The fraction of sp³-hybridized carbons (Fsp3) is 0.208. The summed E-state index contributed by atoms with van der Waals surface area (Å²) in [6.07, 6.45) is -2.12. The minimum Gasteiger partial charge on any atom is -0.456 e. The molecule has 1 aliphatic rings. The van der Waals surface area contributed by atoms with Crippen molar-refractivity contribution in [2.45, 2.75) is 6.18 Å². The fourth-order valence-corrected chi connectivity index (χ4v) is 3.65. The van der Waals surface area contributed by atoms with E-state index in [1.807, 2.05) is 4.90 Å². The molecule has 1 aliphatic heterocycles. The molecule has 2 heterocycles. The van der Waals surface area contributed by atoms with Crippen LogP contribution in [0.25, 0.3) is 17.4 Å². The number of nitro groups is 1. The van der Waals surface area contributed by atoms with Crippen LogP contribution in [0.1, 0.15) is 11.3 Å². The van der Waals surface area contributed by atoms with Crippen molar-refractivity contribution in [1.82, 2.24) is 0 Å². The molecule has 0 atom stereocenters. The van der Waals surface area contributed by atoms with E-state index in [1.165, 1.54) is 42.5 Å². The van der Waals surface area contributed by atoms with Gasteiger partial charge in [0.15, 0.2) is 0 Å². The zero-order valence-electron chi connectivity index (χ0n) is 18.2. The normalized spacial score (nSPS) is 14.3. The number of rotatable bonds is 6. The maximum absolute atomic E-state index is 13.3. The van der Waals surface area contributed by atoms with Crippen LogP contribution in [0.5, 0.6) is 0 Å². The molecular weight excluding hydrogens is 467 g/mol. The second-order valence-corrected chi connectivity index (χ2v) is 7.63. The average Bonchev–Trinajstić information content (AvgIpc) is 3.32. The topological polar surface area (TPSA) is 97.8 Å². The maximum atomic E-state index is 13.3. The van der Waals surface area contributed by atoms with Gasteiger partial charge in [0.1, 0.15) is 11.5 Å². The van der Waals surface area contributed by atoms with Gasteiger partial charge in [-0.05, 0) is 42.5 Å². The number of carbonyl (C=O) groups excluding carboxylic acids is 1. The van der Waals surface area contributed by atoms with Crippen molar-refractivity contribution in [1.29, 1.82) is 0 Å². The van der Waals surface area contributed by atoms with Gasteiger partial charge >= 0.3 is 6.18 Å². The van der Waals surface area contributed by atoms with E-state index in [9.17, 15) is 28.1 Å². The number of benzene rings is 2. The molecule has 182 valence electrons. The number of hydrogen-bond acceptors (Lipinski definition) is 6. The van der Waals surface area contributed by atoms with E-state index in [2.05, 4.69) is 5.32 Å². The number of carbonyl (C=O) groups is 1. The monoisotopic (exact) mass is 487 g/mol. The molecule has 0 spiro atoms. The van der Waals surface area contributed by atoms with E-state index in [0.29, 0.717) is 32.0 Å². The van der Waals surface area contributed by atoms with Crippen LogP contribution < -0.4 is 10.2 Å². The predicted octanol–water partition coefficient (Wildman–Crippen LogP) is 5.36. The van der Waals surface area contributed by atoms with Gasteiger partial charge in [0.25, 0.3) is 5.69 Å². The van der Waals surface area contributed by atoms with Gasteiger partial charge in [0, 0.05) is 25.2 Å². The van der Waals surface area contributed by atoms with Gasteiger partial charge in [-0.3, -0.25) is 14.9 Å². The SMILES string of the molecule is O=C(C=Cc1ccc(-c2ccccc2[N+](=O)[O-])o1)Nc1cc(C(F)(F)F)ccc1N1CCOCC1. The van der Waals surface area contributed by atoms with E-state index >= 15 is 0 Å². The van der Waals surface area contributed by atoms with Gasteiger partial charge in [-0.15, -0.1) is 0 Å². The molecule has 1 amide bonds. The molecule has 0 aliphatic carbocycles. The Morgan fingerprint density at radius 3 is 2.54 bits per heavy atom. The number of alkyl halides is 3. The van der Waals surface area contributed by atoms with E-state index in [-0.39, 0.29) is 28.5 Å². The highest BCUT2D eigenvalue weighted by molar-refractivity contribution is 6.03. The molecule has 8 nitrogen and oxygen atoms in total. The number of hydrogen-bond donors (Lipinski definition) is 1. The molecule has 1 aromatic heterocycles. The van der Waals surface area contributed by atoms with Gasteiger partial charge in [0.05, 0.1) is 40.6 Å². The smallest absolute Gasteiger partial charge is 0.416 e. The molecule has 11 heteroatoms. The first-order valence-electron chi connectivity index (χ1n) is 10.6. The minimum atomic E-state index is -4.57. The van der Waals surface area contributed by atoms with E-state index < -0.39 is 22.6 Å². The molecule has 4 rings (SSSR count). The predicted molar refractivity (Wildman–Crippen MR) is 123 cm³/mol. The van der Waals surface area contributed by atoms with Crippen molar-refractivity contribution in [3.05, 3.63) is 82.1 Å². The Bertz CT molecular complexity index is 1260. The molecule has 0 bridgehead atoms. The van der Waals surface area contributed by atoms with Crippen LogP contribution >= 0.6 is 0 Å².